The van der Waals surface area contributed by atoms with Gasteiger partial charge in [-0.3, -0.25) is 4.79 Å². The molecule has 0 bridgehead atoms. The molecule has 7 nitrogen and oxygen atoms in total. The number of carbonyl (C=O) groups is 3. The summed E-state index contributed by atoms with van der Waals surface area (Å²) in [6.45, 7) is 0.281. The van der Waals surface area contributed by atoms with Crippen LogP contribution in [0.2, 0.25) is 0 Å². The topological polar surface area (TPSA) is 95.9 Å². The van der Waals surface area contributed by atoms with Gasteiger partial charge in [-0.2, -0.15) is 0 Å². The van der Waals surface area contributed by atoms with Crippen LogP contribution in [0.25, 0.3) is 0 Å². The molecule has 1 atom stereocenters. The second kappa shape index (κ2) is 9.08. The van der Waals surface area contributed by atoms with E-state index in [0.717, 1.165) is 37.7 Å². The van der Waals surface area contributed by atoms with E-state index in [4.69, 9.17) is 4.74 Å². The molecule has 1 saturated carbocycles. The lowest BCUT2D eigenvalue weighted by atomic mass is 9.73. The molecule has 28 heavy (non-hydrogen) atoms. The molecule has 2 fully saturated rings. The van der Waals surface area contributed by atoms with Gasteiger partial charge in [0.05, 0.1) is 0 Å². The molecular formula is C21H28N2O5. The van der Waals surface area contributed by atoms with Crippen LogP contribution in [0.3, 0.4) is 0 Å². The highest BCUT2D eigenvalue weighted by Gasteiger charge is 2.54. The third-order valence-corrected chi connectivity index (χ3v) is 5.97. The number of aliphatic carboxylic acids is 1. The van der Waals surface area contributed by atoms with Crippen LogP contribution in [0.5, 0.6) is 0 Å². The maximum absolute atomic E-state index is 12.8. The van der Waals surface area contributed by atoms with Gasteiger partial charge in [0, 0.05) is 6.54 Å². The highest BCUT2D eigenvalue weighted by atomic mass is 16.5. The molecule has 1 heterocycles. The Morgan fingerprint density at radius 2 is 1.82 bits per heavy atom. The van der Waals surface area contributed by atoms with Gasteiger partial charge < -0.3 is 20.1 Å². The molecule has 0 unspecified atom stereocenters. The first-order valence-corrected chi connectivity index (χ1v) is 10.0. The first-order valence-electron chi connectivity index (χ1n) is 10.0. The molecular weight excluding hydrogens is 360 g/mol. The molecule has 1 aliphatic heterocycles. The number of carboxylic acids is 1. The molecule has 2 N–H and O–H groups in total. The Morgan fingerprint density at radius 3 is 2.50 bits per heavy atom. The third-order valence-electron chi connectivity index (χ3n) is 5.97. The minimum Gasteiger partial charge on any atom is -0.479 e. The predicted molar refractivity (Wildman–Crippen MR) is 103 cm³/mol. The van der Waals surface area contributed by atoms with E-state index in [2.05, 4.69) is 5.32 Å². The van der Waals surface area contributed by atoms with E-state index in [1.54, 1.807) is 0 Å². The van der Waals surface area contributed by atoms with Crippen molar-refractivity contribution in [1.82, 2.24) is 10.2 Å². The smallest absolute Gasteiger partial charge is 0.407 e. The summed E-state index contributed by atoms with van der Waals surface area (Å²) < 4.78 is 5.12. The number of hydrogen-bond donors (Lipinski definition) is 2. The van der Waals surface area contributed by atoms with Gasteiger partial charge in [-0.25, -0.2) is 9.59 Å². The van der Waals surface area contributed by atoms with Crippen molar-refractivity contribution in [2.75, 3.05) is 13.1 Å². The van der Waals surface area contributed by atoms with Gasteiger partial charge >= 0.3 is 12.1 Å². The number of hydrogen-bond acceptors (Lipinski definition) is 4. The van der Waals surface area contributed by atoms with E-state index >= 15 is 0 Å². The molecule has 0 aromatic heterocycles. The van der Waals surface area contributed by atoms with Crippen LogP contribution in [0.1, 0.15) is 50.5 Å². The lowest BCUT2D eigenvalue weighted by Gasteiger charge is -2.42. The maximum Gasteiger partial charge on any atom is 0.407 e. The molecule has 1 aliphatic carbocycles. The Labute approximate surface area is 165 Å². The van der Waals surface area contributed by atoms with E-state index in [0.29, 0.717) is 19.4 Å². The quantitative estimate of drug-likeness (QED) is 0.781. The number of alkyl carbamates (subject to hydrolysis) is 1. The monoisotopic (exact) mass is 388 g/mol. The lowest BCUT2D eigenvalue weighted by molar-refractivity contribution is -0.161. The van der Waals surface area contributed by atoms with Crippen LogP contribution in [-0.2, 0) is 20.9 Å². The van der Waals surface area contributed by atoms with Crippen LogP contribution >= 0.6 is 0 Å². The zero-order valence-electron chi connectivity index (χ0n) is 16.1. The van der Waals surface area contributed by atoms with Gasteiger partial charge in [-0.05, 0) is 37.2 Å². The summed E-state index contributed by atoms with van der Waals surface area (Å²) in [4.78, 5) is 38.4. The Hall–Kier alpha value is -2.57. The zero-order chi connectivity index (χ0) is 20.0. The van der Waals surface area contributed by atoms with Crippen molar-refractivity contribution in [2.24, 2.45) is 5.92 Å². The van der Waals surface area contributed by atoms with E-state index in [1.165, 1.54) is 4.90 Å². The number of benzene rings is 1. The summed E-state index contributed by atoms with van der Waals surface area (Å²) in [5, 5.41) is 12.5. The normalized spacial score (nSPS) is 22.6. The van der Waals surface area contributed by atoms with Gasteiger partial charge in [0.25, 0.3) is 0 Å². The molecule has 2 amide bonds. The summed E-state index contributed by atoms with van der Waals surface area (Å²) in [5.74, 6) is -1.30. The molecule has 0 radical (unpaired) electrons. The Kier molecular flexibility index (Phi) is 6.54. The zero-order valence-corrected chi connectivity index (χ0v) is 16.1. The molecule has 1 aromatic carbocycles. The molecule has 0 spiro atoms. The maximum atomic E-state index is 12.8. The average molecular weight is 388 g/mol. The van der Waals surface area contributed by atoms with Gasteiger partial charge in [-0.15, -0.1) is 0 Å². The van der Waals surface area contributed by atoms with Crippen molar-refractivity contribution in [3.63, 3.8) is 0 Å². The minimum atomic E-state index is -1.13. The fraction of sp³-hybridized carbons (Fsp3) is 0.571. The Bertz CT molecular complexity index is 702. The molecule has 152 valence electrons. The fourth-order valence-corrected chi connectivity index (χ4v) is 4.61. The highest BCUT2D eigenvalue weighted by Crippen LogP contribution is 2.43. The van der Waals surface area contributed by atoms with Gasteiger partial charge in [-0.1, -0.05) is 49.6 Å². The van der Waals surface area contributed by atoms with Crippen molar-refractivity contribution < 1.29 is 24.2 Å². The van der Waals surface area contributed by atoms with Crippen LogP contribution in [-0.4, -0.2) is 46.6 Å². The van der Waals surface area contributed by atoms with Crippen molar-refractivity contribution >= 4 is 18.0 Å². The van der Waals surface area contributed by atoms with Crippen LogP contribution < -0.4 is 5.32 Å². The number of amides is 2. The SMILES string of the molecule is O=C(NCC(=O)N1CCC[C@]1(C(=O)O)C1CCCCC1)OCc1ccccc1. The second-order valence-electron chi connectivity index (χ2n) is 7.63. The van der Waals surface area contributed by atoms with Crippen molar-refractivity contribution in [3.8, 4) is 0 Å². The van der Waals surface area contributed by atoms with E-state index in [-0.39, 0.29) is 25.0 Å². The summed E-state index contributed by atoms with van der Waals surface area (Å²) in [5.41, 5.74) is -0.279. The van der Waals surface area contributed by atoms with E-state index < -0.39 is 17.6 Å². The predicted octanol–water partition coefficient (Wildman–Crippen LogP) is 2.94. The van der Waals surface area contributed by atoms with Gasteiger partial charge in [0.1, 0.15) is 18.7 Å². The van der Waals surface area contributed by atoms with Gasteiger partial charge in [0.15, 0.2) is 0 Å². The number of carbonyl (C=O) groups excluding carboxylic acids is 2. The highest BCUT2D eigenvalue weighted by molar-refractivity contribution is 5.90. The first-order chi connectivity index (χ1) is 13.5. The number of rotatable bonds is 6. The lowest BCUT2D eigenvalue weighted by Crippen LogP contribution is -2.59. The van der Waals surface area contributed by atoms with Crippen LogP contribution in [0.15, 0.2) is 30.3 Å². The number of ether oxygens (including phenoxy) is 1. The number of likely N-dealkylation sites (tertiary alicyclic amines) is 1. The largest absolute Gasteiger partial charge is 0.479 e. The third kappa shape index (κ3) is 4.29. The van der Waals surface area contributed by atoms with E-state index in [9.17, 15) is 19.5 Å². The summed E-state index contributed by atoms with van der Waals surface area (Å²) in [6.07, 6.45) is 5.28. The minimum absolute atomic E-state index is 0.0183. The standard InChI is InChI=1S/C21H28N2O5/c24-18(14-22-20(27)28-15-16-8-3-1-4-9-16)23-13-7-12-21(23,19(25)26)17-10-5-2-6-11-17/h1,3-4,8-9,17H,2,5-7,10-15H2,(H,22,27)(H,25,26)/t21-/m1/s1. The van der Waals surface area contributed by atoms with Crippen molar-refractivity contribution in [3.05, 3.63) is 35.9 Å². The second-order valence-corrected chi connectivity index (χ2v) is 7.63. The molecule has 1 saturated heterocycles. The average Bonchev–Trinajstić information content (AvgIpc) is 3.18. The van der Waals surface area contributed by atoms with Gasteiger partial charge in [0.2, 0.25) is 5.91 Å². The summed E-state index contributed by atoms with van der Waals surface area (Å²) in [7, 11) is 0. The Morgan fingerprint density at radius 1 is 1.11 bits per heavy atom. The summed E-state index contributed by atoms with van der Waals surface area (Å²) >= 11 is 0. The fourth-order valence-electron chi connectivity index (χ4n) is 4.61. The number of nitrogens with one attached hydrogen (secondary N) is 1. The molecule has 3 rings (SSSR count). The number of carboxylic acid groups (broad SMARTS) is 1. The molecule has 1 aromatic rings. The first kappa shape index (κ1) is 20.2. The Balaban J connectivity index is 1.57. The van der Waals surface area contributed by atoms with Crippen molar-refractivity contribution in [2.45, 2.75) is 57.1 Å². The van der Waals surface area contributed by atoms with E-state index in [1.807, 2.05) is 30.3 Å². The summed E-state index contributed by atoms with van der Waals surface area (Å²) in [6, 6.07) is 9.26. The molecule has 2 aliphatic rings. The van der Waals surface area contributed by atoms with Crippen LogP contribution in [0, 0.1) is 5.92 Å². The van der Waals surface area contributed by atoms with Crippen molar-refractivity contribution in [1.29, 1.82) is 0 Å². The van der Waals surface area contributed by atoms with Crippen LogP contribution in [0.4, 0.5) is 4.79 Å². The molecule has 7 heteroatoms. The number of nitrogens with zero attached hydrogens (tertiary/aromatic N) is 1.